The predicted molar refractivity (Wildman–Crippen MR) is 95.7 cm³/mol. The number of fused-ring (bicyclic) bond motifs is 1. The molecule has 3 aromatic rings. The Kier molecular flexibility index (Phi) is 3.90. The lowest BCUT2D eigenvalue weighted by Crippen LogP contribution is -2.03. The lowest BCUT2D eigenvalue weighted by atomic mass is 10.0. The van der Waals surface area contributed by atoms with Crippen molar-refractivity contribution in [2.45, 2.75) is 13.0 Å². The number of nitrogens with one attached hydrogen (secondary N) is 2. The fourth-order valence-corrected chi connectivity index (χ4v) is 2.94. The summed E-state index contributed by atoms with van der Waals surface area (Å²) in [6.07, 6.45) is 3.97. The smallest absolute Gasteiger partial charge is 0.228 e. The van der Waals surface area contributed by atoms with Crippen LogP contribution >= 0.6 is 0 Å². The van der Waals surface area contributed by atoms with Crippen molar-refractivity contribution >= 4 is 17.3 Å². The van der Waals surface area contributed by atoms with Gasteiger partial charge in [0.05, 0.1) is 12.1 Å². The molecular formula is C20H16FN3O. The maximum Gasteiger partial charge on any atom is 0.228 e. The van der Waals surface area contributed by atoms with Crippen LogP contribution in [0.2, 0.25) is 0 Å². The minimum atomic E-state index is -0.277. The van der Waals surface area contributed by atoms with E-state index >= 15 is 0 Å². The first-order chi connectivity index (χ1) is 12.2. The average molecular weight is 333 g/mol. The number of pyridine rings is 1. The number of hydrogen-bond donors (Lipinski definition) is 2. The van der Waals surface area contributed by atoms with Gasteiger partial charge in [0.1, 0.15) is 5.82 Å². The molecule has 0 spiro atoms. The number of anilines is 2. The molecule has 25 heavy (non-hydrogen) atoms. The molecule has 5 heteroatoms. The molecule has 4 nitrogen and oxygen atoms in total. The van der Waals surface area contributed by atoms with Crippen molar-refractivity contribution in [3.63, 3.8) is 0 Å². The summed E-state index contributed by atoms with van der Waals surface area (Å²) in [4.78, 5) is 15.8. The van der Waals surface area contributed by atoms with E-state index in [9.17, 15) is 9.18 Å². The zero-order valence-corrected chi connectivity index (χ0v) is 13.4. The Morgan fingerprint density at radius 2 is 1.96 bits per heavy atom. The molecule has 1 aliphatic rings. The molecule has 124 valence electrons. The third-order valence-electron chi connectivity index (χ3n) is 4.22. The summed E-state index contributed by atoms with van der Waals surface area (Å²) in [5, 5.41) is 5.95. The first-order valence-electron chi connectivity index (χ1n) is 8.04. The van der Waals surface area contributed by atoms with Gasteiger partial charge in [0.15, 0.2) is 0 Å². The summed E-state index contributed by atoms with van der Waals surface area (Å²) in [5.41, 5.74) is 5.23. The molecule has 1 amide bonds. The average Bonchev–Trinajstić information content (AvgIpc) is 3.00. The van der Waals surface area contributed by atoms with E-state index in [4.69, 9.17) is 0 Å². The molecular weight excluding hydrogens is 317 g/mol. The Balaban J connectivity index is 1.55. The molecule has 0 saturated heterocycles. The monoisotopic (exact) mass is 333 g/mol. The maximum atomic E-state index is 13.7. The molecule has 0 aliphatic carbocycles. The van der Waals surface area contributed by atoms with Gasteiger partial charge in [-0.2, -0.15) is 0 Å². The largest absolute Gasteiger partial charge is 0.379 e. The van der Waals surface area contributed by atoms with Gasteiger partial charge in [-0.15, -0.1) is 0 Å². The normalized spacial score (nSPS) is 12.6. The van der Waals surface area contributed by atoms with E-state index in [1.165, 1.54) is 6.07 Å². The van der Waals surface area contributed by atoms with Crippen molar-refractivity contribution in [1.82, 2.24) is 4.98 Å². The minimum Gasteiger partial charge on any atom is -0.379 e. The lowest BCUT2D eigenvalue weighted by Gasteiger charge is -2.09. The van der Waals surface area contributed by atoms with Gasteiger partial charge in [-0.1, -0.05) is 24.3 Å². The third kappa shape index (κ3) is 3.21. The molecule has 2 N–H and O–H groups in total. The summed E-state index contributed by atoms with van der Waals surface area (Å²) in [6.45, 7) is 0.476. The van der Waals surface area contributed by atoms with E-state index in [0.717, 1.165) is 27.9 Å². The van der Waals surface area contributed by atoms with Gasteiger partial charge in [0.25, 0.3) is 0 Å². The number of benzene rings is 2. The van der Waals surface area contributed by atoms with Crippen molar-refractivity contribution in [1.29, 1.82) is 0 Å². The van der Waals surface area contributed by atoms with Crippen molar-refractivity contribution in [2.75, 3.05) is 10.6 Å². The van der Waals surface area contributed by atoms with Crippen LogP contribution in [0.15, 0.2) is 60.9 Å². The van der Waals surface area contributed by atoms with Gasteiger partial charge < -0.3 is 10.6 Å². The SMILES string of the molecule is O=C1Cc2ccc(-c3cncc(CNc4ccccc4F)c3)cc2N1. The summed E-state index contributed by atoms with van der Waals surface area (Å²) in [6, 6.07) is 14.5. The molecule has 0 unspecified atom stereocenters. The van der Waals surface area contributed by atoms with Crippen LogP contribution < -0.4 is 10.6 Å². The van der Waals surface area contributed by atoms with Gasteiger partial charge in [-0.25, -0.2) is 4.39 Å². The number of hydrogen-bond acceptors (Lipinski definition) is 3. The Hall–Kier alpha value is -3.21. The molecule has 4 rings (SSSR count). The molecule has 0 fully saturated rings. The molecule has 1 aromatic heterocycles. The fourth-order valence-electron chi connectivity index (χ4n) is 2.94. The lowest BCUT2D eigenvalue weighted by molar-refractivity contribution is -0.115. The van der Waals surface area contributed by atoms with Crippen molar-refractivity contribution in [3.8, 4) is 11.1 Å². The molecule has 2 aromatic carbocycles. The Bertz CT molecular complexity index is 955. The number of carbonyl (C=O) groups excluding carboxylic acids is 1. The third-order valence-corrected chi connectivity index (χ3v) is 4.22. The van der Waals surface area contributed by atoms with Crippen LogP contribution in [-0.4, -0.2) is 10.9 Å². The van der Waals surface area contributed by atoms with Gasteiger partial charge in [-0.05, 0) is 41.0 Å². The Morgan fingerprint density at radius 3 is 2.84 bits per heavy atom. The van der Waals surface area contributed by atoms with E-state index in [1.807, 2.05) is 24.3 Å². The standard InChI is InChI=1S/C20H16FN3O/c21-17-3-1-2-4-18(17)23-11-13-7-16(12-22-10-13)14-5-6-15-9-20(25)24-19(15)8-14/h1-8,10,12,23H,9,11H2,(H,24,25). The molecule has 0 saturated carbocycles. The summed E-state index contributed by atoms with van der Waals surface area (Å²) >= 11 is 0. The van der Waals surface area contributed by atoms with Gasteiger partial charge >= 0.3 is 0 Å². The highest BCUT2D eigenvalue weighted by atomic mass is 19.1. The number of aromatic nitrogens is 1. The first kappa shape index (κ1) is 15.3. The van der Waals surface area contributed by atoms with Crippen LogP contribution in [0, 0.1) is 5.82 Å². The topological polar surface area (TPSA) is 54.0 Å². The summed E-state index contributed by atoms with van der Waals surface area (Å²) < 4.78 is 13.7. The van der Waals surface area contributed by atoms with E-state index in [1.54, 1.807) is 30.6 Å². The summed E-state index contributed by atoms with van der Waals surface area (Å²) in [5.74, 6) is -0.255. The Morgan fingerprint density at radius 1 is 1.08 bits per heavy atom. The maximum absolute atomic E-state index is 13.7. The zero-order chi connectivity index (χ0) is 17.2. The van der Waals surface area contributed by atoms with Crippen LogP contribution in [0.3, 0.4) is 0 Å². The quantitative estimate of drug-likeness (QED) is 0.759. The van der Waals surface area contributed by atoms with Crippen molar-refractivity contribution in [2.24, 2.45) is 0 Å². The molecule has 1 aliphatic heterocycles. The van der Waals surface area contributed by atoms with Crippen LogP contribution in [0.4, 0.5) is 15.8 Å². The van der Waals surface area contributed by atoms with E-state index in [0.29, 0.717) is 18.7 Å². The number of amides is 1. The summed E-state index contributed by atoms with van der Waals surface area (Å²) in [7, 11) is 0. The molecule has 0 bridgehead atoms. The van der Waals surface area contributed by atoms with Gasteiger partial charge in [0, 0.05) is 30.2 Å². The van der Waals surface area contributed by atoms with Crippen molar-refractivity contribution in [3.05, 3.63) is 77.9 Å². The highest BCUT2D eigenvalue weighted by Crippen LogP contribution is 2.29. The highest BCUT2D eigenvalue weighted by Gasteiger charge is 2.17. The van der Waals surface area contributed by atoms with E-state index < -0.39 is 0 Å². The Labute approximate surface area is 144 Å². The number of halogens is 1. The van der Waals surface area contributed by atoms with Gasteiger partial charge in [-0.3, -0.25) is 9.78 Å². The molecule has 0 atom stereocenters. The number of para-hydroxylation sites is 1. The second kappa shape index (κ2) is 6.36. The number of carbonyl (C=O) groups is 1. The van der Waals surface area contributed by atoms with Crippen LogP contribution in [0.25, 0.3) is 11.1 Å². The van der Waals surface area contributed by atoms with Crippen LogP contribution in [0.1, 0.15) is 11.1 Å². The van der Waals surface area contributed by atoms with E-state index in [-0.39, 0.29) is 11.7 Å². The number of rotatable bonds is 4. The second-order valence-corrected chi connectivity index (χ2v) is 6.01. The highest BCUT2D eigenvalue weighted by molar-refractivity contribution is 5.99. The fraction of sp³-hybridized carbons (Fsp3) is 0.100. The van der Waals surface area contributed by atoms with E-state index in [2.05, 4.69) is 15.6 Å². The molecule has 0 radical (unpaired) electrons. The van der Waals surface area contributed by atoms with Gasteiger partial charge in [0.2, 0.25) is 5.91 Å². The van der Waals surface area contributed by atoms with Crippen LogP contribution in [0.5, 0.6) is 0 Å². The predicted octanol–water partition coefficient (Wildman–Crippen LogP) is 3.99. The molecule has 2 heterocycles. The second-order valence-electron chi connectivity index (χ2n) is 6.01. The minimum absolute atomic E-state index is 0.0214. The first-order valence-corrected chi connectivity index (χ1v) is 8.04. The zero-order valence-electron chi connectivity index (χ0n) is 13.4. The van der Waals surface area contributed by atoms with Crippen molar-refractivity contribution < 1.29 is 9.18 Å². The van der Waals surface area contributed by atoms with Crippen LogP contribution in [-0.2, 0) is 17.8 Å². The number of nitrogens with zero attached hydrogens (tertiary/aromatic N) is 1.